The summed E-state index contributed by atoms with van der Waals surface area (Å²) in [6.07, 6.45) is 0.780. The van der Waals surface area contributed by atoms with Crippen LogP contribution in [0, 0.1) is 5.92 Å². The van der Waals surface area contributed by atoms with Gasteiger partial charge in [0.1, 0.15) is 5.60 Å². The first kappa shape index (κ1) is 12.3. The highest BCUT2D eigenvalue weighted by Crippen LogP contribution is 2.22. The molecule has 1 fully saturated rings. The molecule has 2 N–H and O–H groups in total. The van der Waals surface area contributed by atoms with E-state index in [4.69, 9.17) is 10.5 Å². The summed E-state index contributed by atoms with van der Waals surface area (Å²) in [4.78, 5) is 13.3. The molecule has 1 rings (SSSR count). The lowest BCUT2D eigenvalue weighted by molar-refractivity contribution is -0.00281. The van der Waals surface area contributed by atoms with Gasteiger partial charge in [0, 0.05) is 19.1 Å². The number of likely N-dealkylation sites (tertiary alicyclic amines) is 1. The maximum absolute atomic E-state index is 11.5. The topological polar surface area (TPSA) is 55.6 Å². The van der Waals surface area contributed by atoms with Crippen molar-refractivity contribution in [3.8, 4) is 0 Å². The summed E-state index contributed by atoms with van der Waals surface area (Å²) in [5, 5.41) is 0. The maximum Gasteiger partial charge on any atom is 0.410 e. The van der Waals surface area contributed by atoms with Crippen LogP contribution in [0.25, 0.3) is 0 Å². The van der Waals surface area contributed by atoms with Gasteiger partial charge >= 0.3 is 6.09 Å². The van der Waals surface area contributed by atoms with E-state index in [0.29, 0.717) is 5.92 Å². The Balaban J connectivity index is 2.24. The van der Waals surface area contributed by atoms with Crippen molar-refractivity contribution >= 4 is 6.09 Å². The smallest absolute Gasteiger partial charge is 0.410 e. The van der Waals surface area contributed by atoms with E-state index in [2.05, 4.69) is 0 Å². The number of nitrogens with zero attached hydrogens (tertiary/aromatic N) is 1. The fourth-order valence-electron chi connectivity index (χ4n) is 1.72. The Hall–Kier alpha value is -0.770. The van der Waals surface area contributed by atoms with Crippen molar-refractivity contribution in [3.63, 3.8) is 0 Å². The molecule has 0 spiro atoms. The number of hydrogen-bond donors (Lipinski definition) is 1. The lowest BCUT2D eigenvalue weighted by Gasteiger charge is -2.40. The second-order valence-corrected chi connectivity index (χ2v) is 5.46. The SMILES string of the molecule is C[C@H](N)CC1CN(C(=O)OC(C)(C)C)C1. The molecule has 1 saturated heterocycles. The van der Waals surface area contributed by atoms with Crippen molar-refractivity contribution in [2.24, 2.45) is 11.7 Å². The zero-order valence-electron chi connectivity index (χ0n) is 10.1. The highest BCUT2D eigenvalue weighted by atomic mass is 16.6. The van der Waals surface area contributed by atoms with Crippen LogP contribution in [-0.2, 0) is 4.74 Å². The fourth-order valence-corrected chi connectivity index (χ4v) is 1.72. The normalized spacial score (nSPS) is 19.7. The molecule has 1 atom stereocenters. The molecule has 0 aromatic rings. The molecule has 88 valence electrons. The number of rotatable bonds is 2. The van der Waals surface area contributed by atoms with Crippen LogP contribution in [-0.4, -0.2) is 35.7 Å². The van der Waals surface area contributed by atoms with Crippen molar-refractivity contribution in [2.75, 3.05) is 13.1 Å². The van der Waals surface area contributed by atoms with E-state index in [9.17, 15) is 4.79 Å². The van der Waals surface area contributed by atoms with Gasteiger partial charge in [-0.2, -0.15) is 0 Å². The Kier molecular flexibility index (Phi) is 3.60. The van der Waals surface area contributed by atoms with Crippen molar-refractivity contribution in [1.82, 2.24) is 4.90 Å². The molecule has 0 aromatic heterocycles. The summed E-state index contributed by atoms with van der Waals surface area (Å²) >= 11 is 0. The van der Waals surface area contributed by atoms with Gasteiger partial charge in [0.15, 0.2) is 0 Å². The minimum absolute atomic E-state index is 0.205. The standard InChI is InChI=1S/C11H22N2O2/c1-8(12)5-9-6-13(7-9)10(14)15-11(2,3)4/h8-9H,5-7,12H2,1-4H3/t8-/m0/s1. The molecule has 4 nitrogen and oxygen atoms in total. The number of ether oxygens (including phenoxy) is 1. The second-order valence-electron chi connectivity index (χ2n) is 5.46. The predicted octanol–water partition coefficient (Wildman–Crippen LogP) is 1.59. The summed E-state index contributed by atoms with van der Waals surface area (Å²) in [6.45, 7) is 9.21. The van der Waals surface area contributed by atoms with Crippen molar-refractivity contribution in [2.45, 2.75) is 45.8 Å². The Morgan fingerprint density at radius 3 is 2.47 bits per heavy atom. The minimum atomic E-state index is -0.399. The van der Waals surface area contributed by atoms with Crippen LogP contribution in [0.5, 0.6) is 0 Å². The predicted molar refractivity (Wildman–Crippen MR) is 59.6 cm³/mol. The van der Waals surface area contributed by atoms with Gasteiger partial charge in [-0.3, -0.25) is 0 Å². The summed E-state index contributed by atoms with van der Waals surface area (Å²) in [5.41, 5.74) is 5.29. The van der Waals surface area contributed by atoms with Crippen LogP contribution in [0.15, 0.2) is 0 Å². The summed E-state index contributed by atoms with van der Waals surface area (Å²) < 4.78 is 5.25. The average Bonchev–Trinajstić information content (AvgIpc) is 1.91. The maximum atomic E-state index is 11.5. The van der Waals surface area contributed by atoms with E-state index in [-0.39, 0.29) is 12.1 Å². The Morgan fingerprint density at radius 1 is 1.53 bits per heavy atom. The highest BCUT2D eigenvalue weighted by Gasteiger charge is 2.33. The lowest BCUT2D eigenvalue weighted by atomic mass is 9.94. The summed E-state index contributed by atoms with van der Waals surface area (Å²) in [7, 11) is 0. The van der Waals surface area contributed by atoms with Gasteiger partial charge in [-0.25, -0.2) is 4.79 Å². The first-order valence-electron chi connectivity index (χ1n) is 5.51. The van der Waals surface area contributed by atoms with Gasteiger partial charge in [-0.15, -0.1) is 0 Å². The van der Waals surface area contributed by atoms with Gasteiger partial charge in [-0.05, 0) is 40.0 Å². The fraction of sp³-hybridized carbons (Fsp3) is 0.909. The van der Waals surface area contributed by atoms with Gasteiger partial charge < -0.3 is 15.4 Å². The van der Waals surface area contributed by atoms with Crippen LogP contribution in [0.1, 0.15) is 34.1 Å². The van der Waals surface area contributed by atoms with E-state index >= 15 is 0 Å². The molecule has 0 aromatic carbocycles. The zero-order valence-corrected chi connectivity index (χ0v) is 10.1. The van der Waals surface area contributed by atoms with Crippen LogP contribution in [0.4, 0.5) is 4.79 Å². The summed E-state index contributed by atoms with van der Waals surface area (Å²) in [5.74, 6) is 0.553. The number of nitrogens with two attached hydrogens (primary N) is 1. The molecule has 1 amide bonds. The minimum Gasteiger partial charge on any atom is -0.444 e. The number of hydrogen-bond acceptors (Lipinski definition) is 3. The van der Waals surface area contributed by atoms with Gasteiger partial charge in [0.2, 0.25) is 0 Å². The number of carbonyl (C=O) groups is 1. The Labute approximate surface area is 91.8 Å². The summed E-state index contributed by atoms with van der Waals surface area (Å²) in [6, 6.07) is 0.218. The van der Waals surface area contributed by atoms with E-state index in [1.54, 1.807) is 4.90 Å². The molecule has 15 heavy (non-hydrogen) atoms. The largest absolute Gasteiger partial charge is 0.444 e. The van der Waals surface area contributed by atoms with Gasteiger partial charge in [-0.1, -0.05) is 0 Å². The van der Waals surface area contributed by atoms with Gasteiger partial charge in [0.25, 0.3) is 0 Å². The second kappa shape index (κ2) is 4.39. The third kappa shape index (κ3) is 4.08. The third-order valence-corrected chi connectivity index (χ3v) is 2.31. The highest BCUT2D eigenvalue weighted by molar-refractivity contribution is 5.69. The van der Waals surface area contributed by atoms with E-state index in [0.717, 1.165) is 19.5 Å². The molecule has 4 heteroatoms. The third-order valence-electron chi connectivity index (χ3n) is 2.31. The number of amides is 1. The Bertz CT molecular complexity index is 227. The zero-order chi connectivity index (χ0) is 11.6. The molecular weight excluding hydrogens is 192 g/mol. The molecule has 0 radical (unpaired) electrons. The van der Waals surface area contributed by atoms with Crippen molar-refractivity contribution < 1.29 is 9.53 Å². The lowest BCUT2D eigenvalue weighted by Crippen LogP contribution is -2.52. The van der Waals surface area contributed by atoms with Crippen LogP contribution < -0.4 is 5.73 Å². The molecule has 1 aliphatic rings. The molecular formula is C11H22N2O2. The van der Waals surface area contributed by atoms with Crippen molar-refractivity contribution in [1.29, 1.82) is 0 Å². The van der Waals surface area contributed by atoms with Crippen LogP contribution in [0.3, 0.4) is 0 Å². The molecule has 0 saturated carbocycles. The molecule has 0 bridgehead atoms. The Morgan fingerprint density at radius 2 is 2.07 bits per heavy atom. The van der Waals surface area contributed by atoms with E-state index in [1.165, 1.54) is 0 Å². The van der Waals surface area contributed by atoms with E-state index < -0.39 is 5.60 Å². The van der Waals surface area contributed by atoms with Crippen LogP contribution >= 0.6 is 0 Å². The average molecular weight is 214 g/mol. The van der Waals surface area contributed by atoms with Gasteiger partial charge in [0.05, 0.1) is 0 Å². The molecule has 0 unspecified atom stereocenters. The quantitative estimate of drug-likeness (QED) is 0.759. The van der Waals surface area contributed by atoms with E-state index in [1.807, 2.05) is 27.7 Å². The first-order valence-corrected chi connectivity index (χ1v) is 5.51. The van der Waals surface area contributed by atoms with Crippen LogP contribution in [0.2, 0.25) is 0 Å². The monoisotopic (exact) mass is 214 g/mol. The first-order chi connectivity index (χ1) is 6.78. The molecule has 0 aliphatic carbocycles. The molecule has 1 aliphatic heterocycles. The number of carbonyl (C=O) groups excluding carboxylic acids is 1. The van der Waals surface area contributed by atoms with Crippen molar-refractivity contribution in [3.05, 3.63) is 0 Å². The molecule has 1 heterocycles.